The molecule has 1 aromatic heterocycles. The molecule has 0 amide bonds. The van der Waals surface area contributed by atoms with E-state index >= 15 is 0 Å². The van der Waals surface area contributed by atoms with Crippen molar-refractivity contribution in [2.45, 2.75) is 0 Å². The summed E-state index contributed by atoms with van der Waals surface area (Å²) in [6, 6.07) is 39.9. The molecular weight excluding hydrogens is 515 g/mol. The molecule has 4 nitrogen and oxygen atoms in total. The third-order valence-electron chi connectivity index (χ3n) is 6.91. The van der Waals surface area contributed by atoms with Gasteiger partial charge in [-0.1, -0.05) is 78.9 Å². The van der Waals surface area contributed by atoms with Gasteiger partial charge in [0.2, 0.25) is 0 Å². The van der Waals surface area contributed by atoms with Gasteiger partial charge in [-0.2, -0.15) is 0 Å². The van der Waals surface area contributed by atoms with Crippen molar-refractivity contribution >= 4 is 21.9 Å². The predicted octanol–water partition coefficient (Wildman–Crippen LogP) is 9.53. The Morgan fingerprint density at radius 1 is 0.439 bits per heavy atom. The van der Waals surface area contributed by atoms with E-state index in [1.165, 1.54) is 24.3 Å². The van der Waals surface area contributed by atoms with E-state index in [1.807, 2.05) is 60.7 Å². The van der Waals surface area contributed by atoms with Crippen LogP contribution in [0.1, 0.15) is 0 Å². The van der Waals surface area contributed by atoms with Gasteiger partial charge in [-0.05, 0) is 76.9 Å². The van der Waals surface area contributed by atoms with E-state index in [1.54, 1.807) is 30.3 Å². The van der Waals surface area contributed by atoms with E-state index in [0.29, 0.717) is 0 Å². The van der Waals surface area contributed by atoms with Crippen molar-refractivity contribution in [2.75, 3.05) is 0 Å². The minimum Gasteiger partial charge on any atom is -0.508 e. The van der Waals surface area contributed by atoms with Crippen LogP contribution in [0.2, 0.25) is 0 Å². The Balaban J connectivity index is 0.000000148. The summed E-state index contributed by atoms with van der Waals surface area (Å²) in [7, 11) is 0. The number of hydrogen-bond acceptors (Lipinski definition) is 4. The lowest BCUT2D eigenvalue weighted by molar-refractivity contribution is 0.461. The highest BCUT2D eigenvalue weighted by Gasteiger charge is 2.12. The molecule has 5 heteroatoms. The Kier molecular flexibility index (Phi) is 6.84. The van der Waals surface area contributed by atoms with Crippen molar-refractivity contribution in [1.29, 1.82) is 0 Å². The van der Waals surface area contributed by atoms with Crippen LogP contribution in [0.15, 0.2) is 138 Å². The second kappa shape index (κ2) is 10.9. The number of halogens is 1. The minimum atomic E-state index is -0.447. The van der Waals surface area contributed by atoms with Gasteiger partial charge in [0.15, 0.2) is 0 Å². The monoisotopic (exact) mass is 540 g/mol. The topological polar surface area (TPSA) is 73.8 Å². The SMILES string of the molecule is Oc1ccc(O)c(-c2ccc(-c3ccccc3)cc2F)c1.Oc1ccc2oc3cc(-c4ccccc4)ccc3c2c1. The predicted molar refractivity (Wildman–Crippen MR) is 161 cm³/mol. The molecule has 0 spiro atoms. The number of phenolic OH excluding ortho intramolecular Hbond substituents is 3. The van der Waals surface area contributed by atoms with Gasteiger partial charge in [-0.25, -0.2) is 4.39 Å². The Morgan fingerprint density at radius 2 is 1.05 bits per heavy atom. The van der Waals surface area contributed by atoms with Crippen LogP contribution in [0.3, 0.4) is 0 Å². The van der Waals surface area contributed by atoms with Crippen molar-refractivity contribution < 1.29 is 24.1 Å². The largest absolute Gasteiger partial charge is 0.508 e. The lowest BCUT2D eigenvalue weighted by atomic mass is 9.99. The Morgan fingerprint density at radius 3 is 1.73 bits per heavy atom. The van der Waals surface area contributed by atoms with E-state index < -0.39 is 5.82 Å². The first-order chi connectivity index (χ1) is 20.0. The maximum absolute atomic E-state index is 14.3. The quantitative estimate of drug-likeness (QED) is 0.195. The van der Waals surface area contributed by atoms with Crippen LogP contribution in [0, 0.1) is 5.82 Å². The average molecular weight is 541 g/mol. The number of phenols is 3. The lowest BCUT2D eigenvalue weighted by Crippen LogP contribution is -1.87. The van der Waals surface area contributed by atoms with Gasteiger partial charge in [0.05, 0.1) is 0 Å². The maximum Gasteiger partial charge on any atom is 0.136 e. The molecule has 0 aliphatic carbocycles. The summed E-state index contributed by atoms with van der Waals surface area (Å²) in [5.74, 6) is -0.280. The van der Waals surface area contributed by atoms with Gasteiger partial charge in [0, 0.05) is 21.9 Å². The molecule has 3 N–H and O–H groups in total. The highest BCUT2D eigenvalue weighted by Crippen LogP contribution is 2.36. The highest BCUT2D eigenvalue weighted by atomic mass is 19.1. The van der Waals surface area contributed by atoms with Gasteiger partial charge < -0.3 is 19.7 Å². The summed E-state index contributed by atoms with van der Waals surface area (Å²) in [4.78, 5) is 0. The molecular formula is C36H25FO4. The molecule has 6 aromatic carbocycles. The summed E-state index contributed by atoms with van der Waals surface area (Å²) in [6.45, 7) is 0. The average Bonchev–Trinajstić information content (AvgIpc) is 3.37. The minimum absolute atomic E-state index is 0.0191. The number of aromatic hydroxyl groups is 3. The fraction of sp³-hybridized carbons (Fsp3) is 0. The van der Waals surface area contributed by atoms with Crippen LogP contribution in [0.5, 0.6) is 17.2 Å². The van der Waals surface area contributed by atoms with Crippen molar-refractivity contribution in [1.82, 2.24) is 0 Å². The molecule has 0 atom stereocenters. The van der Waals surface area contributed by atoms with Crippen LogP contribution in [-0.4, -0.2) is 15.3 Å². The first kappa shape index (κ1) is 25.7. The van der Waals surface area contributed by atoms with Crippen LogP contribution in [-0.2, 0) is 0 Å². The lowest BCUT2D eigenvalue weighted by Gasteiger charge is -2.09. The number of fused-ring (bicyclic) bond motifs is 3. The zero-order chi connectivity index (χ0) is 28.3. The number of benzene rings is 6. The highest BCUT2D eigenvalue weighted by molar-refractivity contribution is 6.06. The van der Waals surface area contributed by atoms with E-state index in [4.69, 9.17) is 4.42 Å². The normalized spacial score (nSPS) is 10.9. The van der Waals surface area contributed by atoms with Crippen molar-refractivity contribution in [3.8, 4) is 50.6 Å². The van der Waals surface area contributed by atoms with Crippen molar-refractivity contribution in [2.24, 2.45) is 0 Å². The van der Waals surface area contributed by atoms with Crippen LogP contribution >= 0.6 is 0 Å². The number of furan rings is 1. The van der Waals surface area contributed by atoms with E-state index in [0.717, 1.165) is 44.2 Å². The third kappa shape index (κ3) is 5.34. The van der Waals surface area contributed by atoms with E-state index in [-0.39, 0.29) is 28.4 Å². The molecule has 0 saturated carbocycles. The zero-order valence-corrected chi connectivity index (χ0v) is 21.8. The van der Waals surface area contributed by atoms with Crippen molar-refractivity contribution in [3.63, 3.8) is 0 Å². The maximum atomic E-state index is 14.3. The molecule has 0 aliphatic heterocycles. The molecule has 41 heavy (non-hydrogen) atoms. The summed E-state index contributed by atoms with van der Waals surface area (Å²) in [5, 5.41) is 30.9. The van der Waals surface area contributed by atoms with Crippen LogP contribution in [0.25, 0.3) is 55.3 Å². The number of rotatable bonds is 3. The van der Waals surface area contributed by atoms with Gasteiger partial charge in [-0.3, -0.25) is 0 Å². The molecule has 0 bridgehead atoms. The van der Waals surface area contributed by atoms with E-state index in [2.05, 4.69) is 18.2 Å². The fourth-order valence-electron chi connectivity index (χ4n) is 4.86. The standard InChI is InChI=1S/C18H13FO2.C18H12O2/c19-17-10-13(12-4-2-1-3-5-12)6-8-15(17)16-11-14(20)7-9-18(16)21;19-14-7-9-17-16(11-14)15-8-6-13(10-18(15)20-17)12-4-2-1-3-5-12/h1-11,20-21H;1-11,19H. The molecule has 7 aromatic rings. The molecule has 1 heterocycles. The molecule has 0 unspecified atom stereocenters. The second-order valence-electron chi connectivity index (χ2n) is 9.62. The van der Waals surface area contributed by atoms with Gasteiger partial charge in [-0.15, -0.1) is 0 Å². The smallest absolute Gasteiger partial charge is 0.136 e. The molecule has 0 fully saturated rings. The first-order valence-electron chi connectivity index (χ1n) is 13.0. The summed E-state index contributed by atoms with van der Waals surface area (Å²) < 4.78 is 20.2. The van der Waals surface area contributed by atoms with Crippen LogP contribution < -0.4 is 0 Å². The summed E-state index contributed by atoms with van der Waals surface area (Å²) >= 11 is 0. The Hall–Kier alpha value is -5.55. The second-order valence-corrected chi connectivity index (χ2v) is 9.62. The molecule has 0 radical (unpaired) electrons. The van der Waals surface area contributed by atoms with Crippen LogP contribution in [0.4, 0.5) is 4.39 Å². The Labute approximate surface area is 235 Å². The fourth-order valence-corrected chi connectivity index (χ4v) is 4.86. The summed E-state index contributed by atoms with van der Waals surface area (Å²) in [5.41, 5.74) is 6.13. The van der Waals surface area contributed by atoms with Gasteiger partial charge >= 0.3 is 0 Å². The molecule has 7 rings (SSSR count). The summed E-state index contributed by atoms with van der Waals surface area (Å²) in [6.07, 6.45) is 0. The molecule has 200 valence electrons. The molecule has 0 saturated heterocycles. The zero-order valence-electron chi connectivity index (χ0n) is 21.8. The third-order valence-corrected chi connectivity index (χ3v) is 6.91. The van der Waals surface area contributed by atoms with Gasteiger partial charge in [0.1, 0.15) is 34.2 Å². The van der Waals surface area contributed by atoms with Crippen molar-refractivity contribution in [3.05, 3.63) is 139 Å². The van der Waals surface area contributed by atoms with Gasteiger partial charge in [0.25, 0.3) is 0 Å². The van der Waals surface area contributed by atoms with E-state index in [9.17, 15) is 19.7 Å². The Bertz CT molecular complexity index is 1980. The molecule has 0 aliphatic rings. The number of hydrogen-bond donors (Lipinski definition) is 3. The first-order valence-corrected chi connectivity index (χ1v) is 13.0.